The molecule has 5 heteroatoms. The van der Waals surface area contributed by atoms with E-state index in [1.54, 1.807) is 6.08 Å². The maximum absolute atomic E-state index is 12.0. The fourth-order valence-corrected chi connectivity index (χ4v) is 3.48. The third-order valence-electron chi connectivity index (χ3n) is 3.05. The summed E-state index contributed by atoms with van der Waals surface area (Å²) in [6, 6.07) is 9.55. The van der Waals surface area contributed by atoms with Gasteiger partial charge in [0.1, 0.15) is 5.16 Å². The smallest absolute Gasteiger partial charge is 0.232 e. The highest BCUT2D eigenvalue weighted by Crippen LogP contribution is 2.29. The topological polar surface area (TPSA) is 37.4 Å². The van der Waals surface area contributed by atoms with Gasteiger partial charge in [0.05, 0.1) is 6.26 Å². The summed E-state index contributed by atoms with van der Waals surface area (Å²) in [5, 5.41) is 0.261. The van der Waals surface area contributed by atoms with Crippen LogP contribution in [0.15, 0.2) is 48.1 Å². The molecule has 0 unspecified atom stereocenters. The first kappa shape index (κ1) is 17.8. The molecule has 116 valence electrons. The van der Waals surface area contributed by atoms with E-state index in [0.29, 0.717) is 13.0 Å². The molecule has 0 saturated heterocycles. The van der Waals surface area contributed by atoms with Crippen molar-refractivity contribution in [3.05, 3.63) is 53.7 Å². The fraction of sp³-hybridized carbons (Fsp3) is 0.375. The Bertz CT molecular complexity index is 594. The number of sulfonamides is 1. The molecule has 1 aromatic carbocycles. The molecule has 0 spiro atoms. The van der Waals surface area contributed by atoms with Gasteiger partial charge in [-0.15, -0.1) is 6.58 Å². The van der Waals surface area contributed by atoms with Crippen molar-refractivity contribution in [1.82, 2.24) is 4.31 Å². The van der Waals surface area contributed by atoms with Gasteiger partial charge < -0.3 is 0 Å². The summed E-state index contributed by atoms with van der Waals surface area (Å²) in [4.78, 5) is 0. The molecular formula is C16H22ClNO2S. The van der Waals surface area contributed by atoms with Crippen molar-refractivity contribution in [2.45, 2.75) is 26.2 Å². The Hall–Kier alpha value is -1.26. The van der Waals surface area contributed by atoms with Crippen LogP contribution in [0.1, 0.15) is 31.7 Å². The van der Waals surface area contributed by atoms with Crippen LogP contribution in [0.2, 0.25) is 0 Å². The highest BCUT2D eigenvalue weighted by Gasteiger charge is 2.21. The van der Waals surface area contributed by atoms with Crippen LogP contribution in [0.3, 0.4) is 0 Å². The molecule has 0 atom stereocenters. The Balaban J connectivity index is 3.32. The minimum absolute atomic E-state index is 0.261. The quantitative estimate of drug-likeness (QED) is 0.529. The lowest BCUT2D eigenvalue weighted by atomic mass is 10.0. The molecule has 0 radical (unpaired) electrons. The number of halogens is 1. The number of benzene rings is 1. The monoisotopic (exact) mass is 327 g/mol. The standard InChI is InChI=1S/C16H22ClNO2S/c1-4-6-13-18(21(3,19)20)16(17)15(10-5-2)14-11-8-7-9-12-14/h5,7-9,11-12H,2,4,6,10,13H2,1,3H3/b16-15-. The number of unbranched alkanes of at least 4 members (excludes halogenated alkanes) is 1. The molecule has 0 amide bonds. The summed E-state index contributed by atoms with van der Waals surface area (Å²) in [5.74, 6) is 0. The summed E-state index contributed by atoms with van der Waals surface area (Å²) in [6.45, 7) is 6.14. The predicted octanol–water partition coefficient (Wildman–Crippen LogP) is 4.23. The van der Waals surface area contributed by atoms with Crippen molar-refractivity contribution in [2.75, 3.05) is 12.8 Å². The lowest BCUT2D eigenvalue weighted by Gasteiger charge is -2.24. The van der Waals surface area contributed by atoms with Crippen LogP contribution < -0.4 is 0 Å². The summed E-state index contributed by atoms with van der Waals surface area (Å²) < 4.78 is 25.3. The number of allylic oxidation sites excluding steroid dienone is 2. The van der Waals surface area contributed by atoms with Crippen LogP contribution >= 0.6 is 11.6 Å². The van der Waals surface area contributed by atoms with E-state index in [1.807, 2.05) is 37.3 Å². The largest absolute Gasteiger partial charge is 0.260 e. The van der Waals surface area contributed by atoms with E-state index in [2.05, 4.69) is 6.58 Å². The van der Waals surface area contributed by atoms with Crippen molar-refractivity contribution in [3.8, 4) is 0 Å². The Morgan fingerprint density at radius 3 is 2.43 bits per heavy atom. The molecule has 3 nitrogen and oxygen atoms in total. The molecular weight excluding hydrogens is 306 g/mol. The lowest BCUT2D eigenvalue weighted by Crippen LogP contribution is -2.29. The summed E-state index contributed by atoms with van der Waals surface area (Å²) >= 11 is 6.43. The van der Waals surface area contributed by atoms with E-state index in [0.717, 1.165) is 24.0 Å². The SMILES string of the molecule is C=CC/C(=C(\Cl)N(CCCC)S(C)(=O)=O)c1ccccc1. The second kappa shape index (κ2) is 8.25. The van der Waals surface area contributed by atoms with Crippen LogP contribution in [-0.4, -0.2) is 25.5 Å². The molecule has 1 rings (SSSR count). The number of rotatable bonds is 8. The highest BCUT2D eigenvalue weighted by molar-refractivity contribution is 7.88. The van der Waals surface area contributed by atoms with Crippen LogP contribution in [-0.2, 0) is 10.0 Å². The van der Waals surface area contributed by atoms with E-state index >= 15 is 0 Å². The van der Waals surface area contributed by atoms with Crippen LogP contribution in [0.25, 0.3) is 5.57 Å². The highest BCUT2D eigenvalue weighted by atomic mass is 35.5. The molecule has 21 heavy (non-hydrogen) atoms. The zero-order chi connectivity index (χ0) is 15.9. The third kappa shape index (κ3) is 5.21. The van der Waals surface area contributed by atoms with Crippen LogP contribution in [0.4, 0.5) is 0 Å². The second-order valence-electron chi connectivity index (χ2n) is 4.82. The maximum atomic E-state index is 12.0. The van der Waals surface area contributed by atoms with Gasteiger partial charge in [0, 0.05) is 6.54 Å². The summed E-state index contributed by atoms with van der Waals surface area (Å²) in [6.07, 6.45) is 5.09. The van der Waals surface area contributed by atoms with Gasteiger partial charge in [-0.1, -0.05) is 61.4 Å². The van der Waals surface area contributed by atoms with E-state index in [9.17, 15) is 8.42 Å². The van der Waals surface area contributed by atoms with Gasteiger partial charge in [0.15, 0.2) is 0 Å². The van der Waals surface area contributed by atoms with E-state index < -0.39 is 10.0 Å². The molecule has 0 aromatic heterocycles. The van der Waals surface area contributed by atoms with E-state index in [-0.39, 0.29) is 5.16 Å². The number of hydrogen-bond acceptors (Lipinski definition) is 2. The molecule has 0 saturated carbocycles. The van der Waals surface area contributed by atoms with Gasteiger partial charge in [-0.2, -0.15) is 0 Å². The first-order valence-electron chi connectivity index (χ1n) is 6.94. The predicted molar refractivity (Wildman–Crippen MR) is 90.5 cm³/mol. The van der Waals surface area contributed by atoms with Crippen molar-refractivity contribution >= 4 is 27.2 Å². The van der Waals surface area contributed by atoms with E-state index in [4.69, 9.17) is 11.6 Å². The van der Waals surface area contributed by atoms with Gasteiger partial charge in [0.2, 0.25) is 10.0 Å². The van der Waals surface area contributed by atoms with Gasteiger partial charge in [0.25, 0.3) is 0 Å². The zero-order valence-electron chi connectivity index (χ0n) is 12.5. The molecule has 0 bridgehead atoms. The molecule has 0 fully saturated rings. The second-order valence-corrected chi connectivity index (χ2v) is 7.08. The minimum atomic E-state index is -3.40. The van der Waals surface area contributed by atoms with E-state index in [1.165, 1.54) is 10.6 Å². The van der Waals surface area contributed by atoms with Gasteiger partial charge >= 0.3 is 0 Å². The van der Waals surface area contributed by atoms with Crippen molar-refractivity contribution < 1.29 is 8.42 Å². The molecule has 0 aliphatic carbocycles. The average Bonchev–Trinajstić information content (AvgIpc) is 2.44. The Morgan fingerprint density at radius 2 is 1.95 bits per heavy atom. The first-order chi connectivity index (χ1) is 9.91. The van der Waals surface area contributed by atoms with Crippen LogP contribution in [0.5, 0.6) is 0 Å². The lowest BCUT2D eigenvalue weighted by molar-refractivity contribution is 0.485. The van der Waals surface area contributed by atoms with Crippen molar-refractivity contribution in [3.63, 3.8) is 0 Å². The first-order valence-corrected chi connectivity index (χ1v) is 9.17. The van der Waals surface area contributed by atoms with Gasteiger partial charge in [-0.25, -0.2) is 8.42 Å². The molecule has 0 aliphatic heterocycles. The van der Waals surface area contributed by atoms with Crippen molar-refractivity contribution in [2.24, 2.45) is 0 Å². The zero-order valence-corrected chi connectivity index (χ0v) is 14.1. The molecule has 1 aromatic rings. The molecule has 0 N–H and O–H groups in total. The third-order valence-corrected chi connectivity index (χ3v) is 4.75. The Morgan fingerprint density at radius 1 is 1.33 bits per heavy atom. The minimum Gasteiger partial charge on any atom is -0.260 e. The number of hydrogen-bond donors (Lipinski definition) is 0. The number of nitrogens with zero attached hydrogens (tertiary/aromatic N) is 1. The molecule has 0 heterocycles. The average molecular weight is 328 g/mol. The Kier molecular flexibility index (Phi) is 6.99. The van der Waals surface area contributed by atoms with Crippen molar-refractivity contribution in [1.29, 1.82) is 0 Å². The summed E-state index contributed by atoms with van der Waals surface area (Å²) in [5.41, 5.74) is 1.68. The maximum Gasteiger partial charge on any atom is 0.232 e. The van der Waals surface area contributed by atoms with Gasteiger partial charge in [-0.05, 0) is 24.0 Å². The molecule has 0 aliphatic rings. The summed E-state index contributed by atoms with van der Waals surface area (Å²) in [7, 11) is -3.40. The van der Waals surface area contributed by atoms with Gasteiger partial charge in [-0.3, -0.25) is 4.31 Å². The fourth-order valence-electron chi connectivity index (χ4n) is 1.97. The van der Waals surface area contributed by atoms with Crippen LogP contribution in [0, 0.1) is 0 Å². The normalized spacial score (nSPS) is 12.7. The Labute approximate surface area is 133 Å².